The summed E-state index contributed by atoms with van der Waals surface area (Å²) in [6, 6.07) is 3.51. The summed E-state index contributed by atoms with van der Waals surface area (Å²) in [5.74, 6) is 0. The van der Waals surface area contributed by atoms with E-state index in [9.17, 15) is 8.42 Å². The maximum Gasteiger partial charge on any atom is 0.252 e. The van der Waals surface area contributed by atoms with Crippen LogP contribution >= 0.6 is 11.3 Å². The van der Waals surface area contributed by atoms with Crippen molar-refractivity contribution >= 4 is 21.4 Å². The Morgan fingerprint density at radius 3 is 2.76 bits per heavy atom. The molecule has 0 aliphatic carbocycles. The minimum absolute atomic E-state index is 0.0246. The topological polar surface area (TPSA) is 40.6 Å². The van der Waals surface area contributed by atoms with E-state index in [1.165, 1.54) is 11.3 Å². The molecule has 2 fully saturated rings. The van der Waals surface area contributed by atoms with Crippen LogP contribution < -0.4 is 0 Å². The van der Waals surface area contributed by atoms with E-state index in [2.05, 4.69) is 11.5 Å². The Balaban J connectivity index is 1.85. The first kappa shape index (κ1) is 15.2. The number of hydrogen-bond acceptors (Lipinski definition) is 4. The highest BCUT2D eigenvalue weighted by Gasteiger charge is 2.46. The molecule has 0 N–H and O–H groups in total. The van der Waals surface area contributed by atoms with Crippen LogP contribution in [0.15, 0.2) is 34.4 Å². The number of rotatable bonds is 4. The molecule has 4 nitrogen and oxygen atoms in total. The molecule has 1 aromatic heterocycles. The SMILES string of the molecule is C=CCN1CCCC12CCCN(S(=O)(=O)c1cccs1)C2. The van der Waals surface area contributed by atoms with Gasteiger partial charge in [-0.2, -0.15) is 4.31 Å². The number of hydrogen-bond donors (Lipinski definition) is 0. The van der Waals surface area contributed by atoms with Crippen molar-refractivity contribution in [1.29, 1.82) is 0 Å². The van der Waals surface area contributed by atoms with Gasteiger partial charge in [0.15, 0.2) is 0 Å². The molecule has 2 saturated heterocycles. The Labute approximate surface area is 131 Å². The normalized spacial score (nSPS) is 28.2. The fourth-order valence-corrected chi connectivity index (χ4v) is 6.41. The molecule has 2 aliphatic heterocycles. The van der Waals surface area contributed by atoms with Crippen molar-refractivity contribution in [2.24, 2.45) is 0 Å². The molecule has 0 radical (unpaired) electrons. The number of thiophene rings is 1. The maximum absolute atomic E-state index is 12.8. The van der Waals surface area contributed by atoms with Gasteiger partial charge in [0.1, 0.15) is 4.21 Å². The first-order valence-corrected chi connectivity index (χ1v) is 9.80. The van der Waals surface area contributed by atoms with Crippen molar-refractivity contribution in [1.82, 2.24) is 9.21 Å². The Kier molecular flexibility index (Phi) is 4.23. The van der Waals surface area contributed by atoms with Crippen LogP contribution in [0.25, 0.3) is 0 Å². The van der Waals surface area contributed by atoms with Crippen molar-refractivity contribution in [3.05, 3.63) is 30.2 Å². The van der Waals surface area contributed by atoms with Crippen LogP contribution in [0.5, 0.6) is 0 Å². The summed E-state index contributed by atoms with van der Waals surface area (Å²) in [4.78, 5) is 2.43. The van der Waals surface area contributed by atoms with Gasteiger partial charge in [0.05, 0.1) is 0 Å². The van der Waals surface area contributed by atoms with Crippen molar-refractivity contribution in [2.75, 3.05) is 26.2 Å². The van der Waals surface area contributed by atoms with Crippen LogP contribution in [0.3, 0.4) is 0 Å². The highest BCUT2D eigenvalue weighted by molar-refractivity contribution is 7.91. The molecule has 3 heterocycles. The first-order valence-electron chi connectivity index (χ1n) is 7.48. The third-order valence-electron chi connectivity index (χ3n) is 4.70. The Morgan fingerprint density at radius 1 is 1.33 bits per heavy atom. The van der Waals surface area contributed by atoms with Gasteiger partial charge in [0, 0.05) is 25.2 Å². The molecule has 1 aromatic rings. The van der Waals surface area contributed by atoms with Gasteiger partial charge in [-0.1, -0.05) is 12.1 Å². The standard InChI is InChI=1S/C15H22N2O2S2/c1-2-9-16-10-4-7-15(16)8-5-11-17(13-15)21(18,19)14-6-3-12-20-14/h2-3,6,12H,1,4-5,7-11,13H2. The van der Waals surface area contributed by atoms with Crippen LogP contribution in [0.4, 0.5) is 0 Å². The minimum Gasteiger partial charge on any atom is -0.293 e. The number of piperidine rings is 1. The van der Waals surface area contributed by atoms with Gasteiger partial charge < -0.3 is 0 Å². The second kappa shape index (κ2) is 5.83. The molecule has 2 aliphatic rings. The van der Waals surface area contributed by atoms with E-state index >= 15 is 0 Å². The molecule has 0 amide bonds. The summed E-state index contributed by atoms with van der Waals surface area (Å²) in [6.07, 6.45) is 6.22. The van der Waals surface area contributed by atoms with Crippen molar-refractivity contribution in [3.8, 4) is 0 Å². The summed E-state index contributed by atoms with van der Waals surface area (Å²) in [7, 11) is -3.32. The highest BCUT2D eigenvalue weighted by Crippen LogP contribution is 2.38. The van der Waals surface area contributed by atoms with Gasteiger partial charge in [-0.15, -0.1) is 17.9 Å². The van der Waals surface area contributed by atoms with Crippen molar-refractivity contribution < 1.29 is 8.42 Å². The number of likely N-dealkylation sites (tertiary alicyclic amines) is 1. The fourth-order valence-electron chi connectivity index (χ4n) is 3.71. The van der Waals surface area contributed by atoms with Crippen molar-refractivity contribution in [2.45, 2.75) is 35.4 Å². The zero-order valence-corrected chi connectivity index (χ0v) is 13.8. The summed E-state index contributed by atoms with van der Waals surface area (Å²) in [5.41, 5.74) is 0.0246. The van der Waals surface area contributed by atoms with Crippen LogP contribution in [0.1, 0.15) is 25.7 Å². The molecule has 0 saturated carbocycles. The average molecular weight is 326 g/mol. The lowest BCUT2D eigenvalue weighted by atomic mass is 9.87. The molecular weight excluding hydrogens is 304 g/mol. The van der Waals surface area contributed by atoms with E-state index in [4.69, 9.17) is 0 Å². The Morgan fingerprint density at radius 2 is 2.10 bits per heavy atom. The van der Waals surface area contributed by atoms with Gasteiger partial charge in [0.2, 0.25) is 0 Å². The summed E-state index contributed by atoms with van der Waals surface area (Å²) in [5, 5.41) is 1.83. The highest BCUT2D eigenvalue weighted by atomic mass is 32.2. The predicted octanol–water partition coefficient (Wildman–Crippen LogP) is 2.55. The quantitative estimate of drug-likeness (QED) is 0.799. The summed E-state index contributed by atoms with van der Waals surface area (Å²) in [6.45, 7) is 7.02. The van der Waals surface area contributed by atoms with Gasteiger partial charge in [-0.05, 0) is 43.7 Å². The lowest BCUT2D eigenvalue weighted by Crippen LogP contribution is -2.56. The van der Waals surface area contributed by atoms with Gasteiger partial charge >= 0.3 is 0 Å². The minimum atomic E-state index is -3.32. The van der Waals surface area contributed by atoms with Gasteiger partial charge in [0.25, 0.3) is 10.0 Å². The van der Waals surface area contributed by atoms with Crippen LogP contribution in [-0.4, -0.2) is 49.3 Å². The first-order chi connectivity index (χ1) is 10.1. The van der Waals surface area contributed by atoms with E-state index in [-0.39, 0.29) is 5.54 Å². The van der Waals surface area contributed by atoms with Crippen LogP contribution in [0.2, 0.25) is 0 Å². The molecule has 1 spiro atoms. The third kappa shape index (κ3) is 2.70. The zero-order chi connectivity index (χ0) is 14.9. The molecule has 0 bridgehead atoms. The summed E-state index contributed by atoms with van der Waals surface area (Å²) >= 11 is 1.31. The number of sulfonamides is 1. The predicted molar refractivity (Wildman–Crippen MR) is 86.0 cm³/mol. The van der Waals surface area contributed by atoms with E-state index in [1.54, 1.807) is 16.4 Å². The molecule has 21 heavy (non-hydrogen) atoms. The molecule has 1 atom stereocenters. The molecule has 116 valence electrons. The van der Waals surface area contributed by atoms with Crippen LogP contribution in [-0.2, 0) is 10.0 Å². The molecular formula is C15H22N2O2S2. The monoisotopic (exact) mass is 326 g/mol. The summed E-state index contributed by atoms with van der Waals surface area (Å²) < 4.78 is 27.7. The molecule has 1 unspecified atom stereocenters. The number of nitrogens with zero attached hydrogens (tertiary/aromatic N) is 2. The Hall–Kier alpha value is -0.690. The fraction of sp³-hybridized carbons (Fsp3) is 0.600. The van der Waals surface area contributed by atoms with Crippen LogP contribution in [0, 0.1) is 0 Å². The van der Waals surface area contributed by atoms with E-state index in [0.29, 0.717) is 17.3 Å². The van der Waals surface area contributed by atoms with Crippen molar-refractivity contribution in [3.63, 3.8) is 0 Å². The maximum atomic E-state index is 12.8. The lowest BCUT2D eigenvalue weighted by Gasteiger charge is -2.45. The molecule has 0 aromatic carbocycles. The second-order valence-corrected chi connectivity index (χ2v) is 9.05. The van der Waals surface area contributed by atoms with Gasteiger partial charge in [-0.3, -0.25) is 4.90 Å². The van der Waals surface area contributed by atoms with E-state index in [0.717, 1.165) is 38.8 Å². The van der Waals surface area contributed by atoms with Gasteiger partial charge in [-0.25, -0.2) is 8.42 Å². The molecule has 3 rings (SSSR count). The third-order valence-corrected chi connectivity index (χ3v) is 7.92. The second-order valence-electron chi connectivity index (χ2n) is 5.94. The zero-order valence-electron chi connectivity index (χ0n) is 12.2. The molecule has 6 heteroatoms. The van der Waals surface area contributed by atoms with E-state index < -0.39 is 10.0 Å². The lowest BCUT2D eigenvalue weighted by molar-refractivity contribution is 0.0842. The largest absolute Gasteiger partial charge is 0.293 e. The smallest absolute Gasteiger partial charge is 0.252 e. The Bertz CT molecular complexity index is 597. The average Bonchev–Trinajstić information content (AvgIpc) is 3.11. The van der Waals surface area contributed by atoms with E-state index in [1.807, 2.05) is 11.5 Å².